The van der Waals surface area contributed by atoms with Gasteiger partial charge in [-0.25, -0.2) is 4.79 Å². The zero-order chi connectivity index (χ0) is 29.5. The van der Waals surface area contributed by atoms with Crippen LogP contribution in [0.25, 0.3) is 33.2 Å². The van der Waals surface area contributed by atoms with Gasteiger partial charge in [0.15, 0.2) is 0 Å². The summed E-state index contributed by atoms with van der Waals surface area (Å²) in [7, 11) is 8.06. The number of hydrogen-bond donors (Lipinski definition) is 1. The fraction of sp³-hybridized carbons (Fsp3) is 0.188. The molecule has 42 heavy (non-hydrogen) atoms. The van der Waals surface area contributed by atoms with Crippen molar-refractivity contribution < 1.29 is 0 Å². The normalized spacial score (nSPS) is 11.2. The van der Waals surface area contributed by atoms with Crippen LogP contribution in [0.1, 0.15) is 11.4 Å². The lowest BCUT2D eigenvalue weighted by atomic mass is 10.1. The number of benzene rings is 2. The van der Waals surface area contributed by atoms with Gasteiger partial charge < -0.3 is 9.80 Å². The van der Waals surface area contributed by atoms with Gasteiger partial charge in [-0.2, -0.15) is 9.97 Å². The maximum atomic E-state index is 13.0. The molecule has 0 bridgehead atoms. The quantitative estimate of drug-likeness (QED) is 0.282. The van der Waals surface area contributed by atoms with Crippen molar-refractivity contribution in [3.05, 3.63) is 94.9 Å². The molecule has 0 aliphatic carbocycles. The zero-order valence-electron chi connectivity index (χ0n) is 24.4. The highest BCUT2D eigenvalue weighted by molar-refractivity contribution is 5.98. The Morgan fingerprint density at radius 2 is 1.17 bits per heavy atom. The second kappa shape index (κ2) is 10.5. The molecule has 210 valence electrons. The molecule has 0 radical (unpaired) electrons. The number of aryl methyl sites for hydroxylation is 2. The molecule has 0 fully saturated rings. The SMILES string of the molecule is Cc1cc(N(C)C)c2cc(N(c3ccc4nc(C)cc(N(C)C)c4c3)c3nc(-c4ccncc4)[nH]c(=O)n3)ccc2n1. The second-order valence-corrected chi connectivity index (χ2v) is 10.6. The van der Waals surface area contributed by atoms with E-state index in [1.807, 2.05) is 71.2 Å². The maximum absolute atomic E-state index is 13.0. The van der Waals surface area contributed by atoms with Gasteiger partial charge in [0, 0.05) is 91.1 Å². The Kier molecular flexibility index (Phi) is 6.74. The van der Waals surface area contributed by atoms with Crippen LogP contribution >= 0.6 is 0 Å². The Labute approximate surface area is 243 Å². The van der Waals surface area contributed by atoms with Crippen LogP contribution in [-0.4, -0.2) is 58.1 Å². The van der Waals surface area contributed by atoms with E-state index < -0.39 is 5.69 Å². The van der Waals surface area contributed by atoms with Crippen LogP contribution in [0.4, 0.5) is 28.7 Å². The fourth-order valence-electron chi connectivity index (χ4n) is 5.17. The summed E-state index contributed by atoms with van der Waals surface area (Å²) in [4.78, 5) is 44.6. The number of hydrogen-bond acceptors (Lipinski definition) is 9. The first-order valence-electron chi connectivity index (χ1n) is 13.5. The van der Waals surface area contributed by atoms with Gasteiger partial charge in [0.25, 0.3) is 0 Å². The summed E-state index contributed by atoms with van der Waals surface area (Å²) in [6.07, 6.45) is 3.32. The molecule has 0 saturated heterocycles. The third kappa shape index (κ3) is 4.98. The van der Waals surface area contributed by atoms with Crippen LogP contribution < -0.4 is 20.4 Å². The van der Waals surface area contributed by atoms with Crippen molar-refractivity contribution in [2.45, 2.75) is 13.8 Å². The molecule has 1 N–H and O–H groups in total. The number of nitrogens with one attached hydrogen (secondary N) is 1. The lowest BCUT2D eigenvalue weighted by Gasteiger charge is -2.25. The molecule has 2 aromatic carbocycles. The van der Waals surface area contributed by atoms with E-state index in [0.29, 0.717) is 5.82 Å². The van der Waals surface area contributed by atoms with E-state index >= 15 is 0 Å². The number of rotatable bonds is 6. The van der Waals surface area contributed by atoms with E-state index in [4.69, 9.17) is 15.0 Å². The monoisotopic (exact) mass is 557 g/mol. The third-order valence-corrected chi connectivity index (χ3v) is 7.07. The van der Waals surface area contributed by atoms with Crippen LogP contribution in [0, 0.1) is 13.8 Å². The molecular formula is C32H31N9O. The van der Waals surface area contributed by atoms with E-state index in [-0.39, 0.29) is 5.95 Å². The van der Waals surface area contributed by atoms with Gasteiger partial charge in [-0.3, -0.25) is 24.8 Å². The minimum Gasteiger partial charge on any atom is -0.377 e. The molecule has 10 heteroatoms. The van der Waals surface area contributed by atoms with Crippen molar-refractivity contribution in [3.63, 3.8) is 0 Å². The molecule has 0 spiro atoms. The Balaban J connectivity index is 1.64. The first-order chi connectivity index (χ1) is 20.2. The number of fused-ring (bicyclic) bond motifs is 2. The number of aromatic amines is 1. The first kappa shape index (κ1) is 26.8. The van der Waals surface area contributed by atoms with E-state index in [1.54, 1.807) is 24.5 Å². The van der Waals surface area contributed by atoms with Gasteiger partial charge in [0.05, 0.1) is 11.0 Å². The highest BCUT2D eigenvalue weighted by Crippen LogP contribution is 2.38. The molecule has 6 rings (SSSR count). The van der Waals surface area contributed by atoms with Crippen molar-refractivity contribution in [1.82, 2.24) is 29.9 Å². The smallest absolute Gasteiger partial charge is 0.349 e. The highest BCUT2D eigenvalue weighted by Gasteiger charge is 2.21. The molecule has 0 aliphatic heterocycles. The number of aromatic nitrogens is 6. The van der Waals surface area contributed by atoms with Crippen molar-refractivity contribution >= 4 is 50.5 Å². The number of H-pyrrole nitrogens is 1. The van der Waals surface area contributed by atoms with Gasteiger partial charge in [0.2, 0.25) is 5.95 Å². The van der Waals surface area contributed by atoms with Crippen molar-refractivity contribution in [2.75, 3.05) is 42.9 Å². The van der Waals surface area contributed by atoms with E-state index in [1.165, 1.54) is 0 Å². The highest BCUT2D eigenvalue weighted by atomic mass is 16.1. The molecular weight excluding hydrogens is 526 g/mol. The largest absolute Gasteiger partial charge is 0.377 e. The minimum atomic E-state index is -0.504. The van der Waals surface area contributed by atoms with Crippen LogP contribution in [-0.2, 0) is 0 Å². The molecule has 0 unspecified atom stereocenters. The minimum absolute atomic E-state index is 0.238. The molecule has 0 aliphatic rings. The summed E-state index contributed by atoms with van der Waals surface area (Å²) in [5.74, 6) is 0.638. The average Bonchev–Trinajstić information content (AvgIpc) is 2.96. The predicted molar refractivity (Wildman–Crippen MR) is 169 cm³/mol. The molecule has 0 saturated carbocycles. The molecule has 4 aromatic heterocycles. The van der Waals surface area contributed by atoms with Gasteiger partial charge in [0.1, 0.15) is 5.82 Å². The molecule has 4 heterocycles. The number of pyridine rings is 3. The molecule has 0 atom stereocenters. The van der Waals surface area contributed by atoms with E-state index in [0.717, 1.165) is 61.5 Å². The van der Waals surface area contributed by atoms with Gasteiger partial charge in [-0.1, -0.05) is 0 Å². The van der Waals surface area contributed by atoms with E-state index in [9.17, 15) is 4.79 Å². The Morgan fingerprint density at radius 3 is 1.67 bits per heavy atom. The summed E-state index contributed by atoms with van der Waals surface area (Å²) < 4.78 is 0. The topological polar surface area (TPSA) is 107 Å². The lowest BCUT2D eigenvalue weighted by Crippen LogP contribution is -2.21. The Hall–Kier alpha value is -5.38. The first-order valence-corrected chi connectivity index (χ1v) is 13.5. The summed E-state index contributed by atoms with van der Waals surface area (Å²) >= 11 is 0. The number of anilines is 5. The van der Waals surface area contributed by atoms with Crippen LogP contribution in [0.3, 0.4) is 0 Å². The summed E-state index contributed by atoms with van der Waals surface area (Å²) in [5, 5.41) is 1.94. The Bertz CT molecular complexity index is 1910. The van der Waals surface area contributed by atoms with Crippen molar-refractivity contribution in [1.29, 1.82) is 0 Å². The summed E-state index contributed by atoms with van der Waals surface area (Å²) in [6, 6.07) is 19.8. The van der Waals surface area contributed by atoms with Crippen LogP contribution in [0.15, 0.2) is 77.9 Å². The molecule has 0 amide bonds. The van der Waals surface area contributed by atoms with Gasteiger partial charge in [-0.05, 0) is 74.5 Å². The molecule has 10 nitrogen and oxygen atoms in total. The predicted octanol–water partition coefficient (Wildman–Crippen LogP) is 5.54. The maximum Gasteiger partial charge on any atom is 0.349 e. The van der Waals surface area contributed by atoms with Crippen LogP contribution in [0.2, 0.25) is 0 Å². The van der Waals surface area contributed by atoms with E-state index in [2.05, 4.69) is 49.0 Å². The standard InChI is InChI=1S/C32H31N9O/c1-19-15-28(39(3)4)24-17-22(7-9-26(24)34-19)41(31-36-30(37-32(42)38-31)21-11-13-33-14-12-21)23-8-10-27-25(18-23)29(40(5)6)16-20(2)35-27/h7-18H,1-6H3,(H,36,37,38,42). The zero-order valence-corrected chi connectivity index (χ0v) is 24.4. The van der Waals surface area contributed by atoms with Crippen LogP contribution in [0.5, 0.6) is 0 Å². The lowest BCUT2D eigenvalue weighted by molar-refractivity contribution is 0.968. The molecule has 6 aromatic rings. The Morgan fingerprint density at radius 1 is 0.643 bits per heavy atom. The fourth-order valence-corrected chi connectivity index (χ4v) is 5.17. The van der Waals surface area contributed by atoms with Crippen molar-refractivity contribution in [2.24, 2.45) is 0 Å². The third-order valence-electron chi connectivity index (χ3n) is 7.07. The van der Waals surface area contributed by atoms with Crippen molar-refractivity contribution in [3.8, 4) is 11.4 Å². The second-order valence-electron chi connectivity index (χ2n) is 10.6. The van der Waals surface area contributed by atoms with Gasteiger partial charge in [-0.15, -0.1) is 0 Å². The average molecular weight is 558 g/mol. The summed E-state index contributed by atoms with van der Waals surface area (Å²) in [6.45, 7) is 3.98. The summed E-state index contributed by atoms with van der Waals surface area (Å²) in [5.41, 5.74) is 7.49. The van der Waals surface area contributed by atoms with Gasteiger partial charge >= 0.3 is 5.69 Å². The number of nitrogens with zero attached hydrogens (tertiary/aromatic N) is 8.